The SMILES string of the molecule is O=C([O-])c1ccc(CSc2ncnc3nc[nH]c23)cc1. The number of carboxylic acid groups (broad SMARTS) is 1. The molecule has 0 amide bonds. The van der Waals surface area contributed by atoms with Gasteiger partial charge in [-0.05, 0) is 11.1 Å². The average molecular weight is 285 g/mol. The van der Waals surface area contributed by atoms with Crippen molar-refractivity contribution in [2.75, 3.05) is 0 Å². The quantitative estimate of drug-likeness (QED) is 0.568. The van der Waals surface area contributed by atoms with E-state index < -0.39 is 5.97 Å². The van der Waals surface area contributed by atoms with Gasteiger partial charge in [-0.25, -0.2) is 15.0 Å². The first-order valence-corrected chi connectivity index (χ1v) is 6.80. The van der Waals surface area contributed by atoms with E-state index in [2.05, 4.69) is 19.9 Å². The Hall–Kier alpha value is -2.41. The molecule has 3 aromatic rings. The van der Waals surface area contributed by atoms with E-state index in [1.165, 1.54) is 30.2 Å². The summed E-state index contributed by atoms with van der Waals surface area (Å²) in [6.07, 6.45) is 3.06. The number of rotatable bonds is 4. The molecule has 20 heavy (non-hydrogen) atoms. The Bertz CT molecular complexity index is 754. The number of benzene rings is 1. The van der Waals surface area contributed by atoms with Crippen LogP contribution in [0.15, 0.2) is 41.9 Å². The Balaban J connectivity index is 1.76. The monoisotopic (exact) mass is 285 g/mol. The topological polar surface area (TPSA) is 94.6 Å². The number of aromatic nitrogens is 4. The summed E-state index contributed by atoms with van der Waals surface area (Å²) in [6, 6.07) is 6.61. The van der Waals surface area contributed by atoms with Crippen LogP contribution in [0.5, 0.6) is 0 Å². The number of aromatic amines is 1. The number of aromatic carboxylic acids is 1. The number of nitrogens with one attached hydrogen (secondary N) is 1. The molecule has 0 bridgehead atoms. The summed E-state index contributed by atoms with van der Waals surface area (Å²) in [6.45, 7) is 0. The molecule has 0 fully saturated rings. The molecule has 7 heteroatoms. The zero-order valence-corrected chi connectivity index (χ0v) is 11.1. The molecule has 2 heterocycles. The van der Waals surface area contributed by atoms with Gasteiger partial charge in [0.25, 0.3) is 0 Å². The van der Waals surface area contributed by atoms with Gasteiger partial charge < -0.3 is 14.9 Å². The molecule has 0 aliphatic heterocycles. The third-order valence-electron chi connectivity index (χ3n) is 2.75. The van der Waals surface area contributed by atoms with Crippen LogP contribution in [0.4, 0.5) is 0 Å². The molecule has 3 rings (SSSR count). The molecule has 0 aliphatic carbocycles. The molecule has 0 saturated carbocycles. The standard InChI is InChI=1S/C13H10N4O2S/c18-13(19)9-3-1-8(2-4-9)5-20-12-10-11(15-6-14-10)16-7-17-12/h1-4,6-7H,5H2,(H,18,19)(H,14,15,16,17)/p-1. The van der Waals surface area contributed by atoms with Gasteiger partial charge in [-0.15, -0.1) is 0 Å². The molecular formula is C13H9N4O2S-. The van der Waals surface area contributed by atoms with Gasteiger partial charge in [-0.3, -0.25) is 0 Å². The summed E-state index contributed by atoms with van der Waals surface area (Å²) in [5, 5.41) is 11.5. The number of hydrogen-bond acceptors (Lipinski definition) is 6. The third kappa shape index (κ3) is 2.48. The number of fused-ring (bicyclic) bond motifs is 1. The van der Waals surface area contributed by atoms with Crippen LogP contribution in [0.1, 0.15) is 15.9 Å². The highest BCUT2D eigenvalue weighted by Crippen LogP contribution is 2.25. The van der Waals surface area contributed by atoms with Crippen molar-refractivity contribution in [1.29, 1.82) is 0 Å². The van der Waals surface area contributed by atoms with Crippen molar-refractivity contribution in [3.05, 3.63) is 48.0 Å². The summed E-state index contributed by atoms with van der Waals surface area (Å²) >= 11 is 1.54. The van der Waals surface area contributed by atoms with Gasteiger partial charge in [0.1, 0.15) is 16.9 Å². The molecule has 2 aromatic heterocycles. The zero-order valence-electron chi connectivity index (χ0n) is 10.2. The van der Waals surface area contributed by atoms with Gasteiger partial charge >= 0.3 is 0 Å². The van der Waals surface area contributed by atoms with E-state index in [4.69, 9.17) is 0 Å². The second-order valence-corrected chi connectivity index (χ2v) is 5.02. The summed E-state index contributed by atoms with van der Waals surface area (Å²) in [5.74, 6) is -0.488. The molecule has 0 atom stereocenters. The first kappa shape index (κ1) is 12.6. The highest BCUT2D eigenvalue weighted by molar-refractivity contribution is 7.98. The number of carbonyl (C=O) groups is 1. The van der Waals surface area contributed by atoms with E-state index in [0.717, 1.165) is 16.1 Å². The molecule has 1 N–H and O–H groups in total. The maximum Gasteiger partial charge on any atom is 0.181 e. The van der Waals surface area contributed by atoms with Crippen LogP contribution < -0.4 is 5.11 Å². The number of imidazole rings is 1. The Morgan fingerprint density at radius 1 is 1.20 bits per heavy atom. The van der Waals surface area contributed by atoms with Crippen LogP contribution in [0.2, 0.25) is 0 Å². The number of carboxylic acids is 1. The lowest BCUT2D eigenvalue weighted by atomic mass is 10.1. The van der Waals surface area contributed by atoms with Crippen molar-refractivity contribution in [2.45, 2.75) is 10.8 Å². The predicted molar refractivity (Wildman–Crippen MR) is 72.0 cm³/mol. The van der Waals surface area contributed by atoms with E-state index in [1.54, 1.807) is 18.5 Å². The first-order valence-electron chi connectivity index (χ1n) is 5.81. The number of carbonyl (C=O) groups excluding carboxylic acids is 1. The van der Waals surface area contributed by atoms with Crippen LogP contribution in [0, 0.1) is 0 Å². The normalized spacial score (nSPS) is 10.8. The lowest BCUT2D eigenvalue weighted by Gasteiger charge is -2.05. The largest absolute Gasteiger partial charge is 0.545 e. The minimum Gasteiger partial charge on any atom is -0.545 e. The Labute approximate surface area is 118 Å². The summed E-state index contributed by atoms with van der Waals surface area (Å²) < 4.78 is 0. The summed E-state index contributed by atoms with van der Waals surface area (Å²) in [5.41, 5.74) is 2.63. The molecule has 0 saturated heterocycles. The second-order valence-electron chi connectivity index (χ2n) is 4.05. The fourth-order valence-electron chi connectivity index (χ4n) is 1.74. The molecule has 0 unspecified atom stereocenters. The molecule has 1 aromatic carbocycles. The minimum absolute atomic E-state index is 0.178. The fourth-order valence-corrected chi connectivity index (χ4v) is 2.65. The number of thioether (sulfide) groups is 1. The molecule has 6 nitrogen and oxygen atoms in total. The highest BCUT2D eigenvalue weighted by Gasteiger charge is 2.06. The number of nitrogens with zero attached hydrogens (tertiary/aromatic N) is 3. The van der Waals surface area contributed by atoms with Crippen molar-refractivity contribution in [3.63, 3.8) is 0 Å². The van der Waals surface area contributed by atoms with E-state index in [1.807, 2.05) is 0 Å². The van der Waals surface area contributed by atoms with Gasteiger partial charge in [0.05, 0.1) is 12.3 Å². The van der Waals surface area contributed by atoms with Crippen LogP contribution in [0.25, 0.3) is 11.2 Å². The molecule has 0 aliphatic rings. The lowest BCUT2D eigenvalue weighted by molar-refractivity contribution is -0.255. The van der Waals surface area contributed by atoms with Crippen LogP contribution in [-0.2, 0) is 5.75 Å². The van der Waals surface area contributed by atoms with Gasteiger partial charge in [0.15, 0.2) is 5.65 Å². The van der Waals surface area contributed by atoms with Gasteiger partial charge in [-0.1, -0.05) is 36.0 Å². The molecular weight excluding hydrogens is 276 g/mol. The van der Waals surface area contributed by atoms with Gasteiger partial charge in [-0.2, -0.15) is 0 Å². The molecule has 0 radical (unpaired) electrons. The maximum absolute atomic E-state index is 10.7. The smallest absolute Gasteiger partial charge is 0.181 e. The zero-order chi connectivity index (χ0) is 13.9. The predicted octanol–water partition coefficient (Wildman–Crippen LogP) is 1.01. The first-order chi connectivity index (χ1) is 9.74. The Morgan fingerprint density at radius 2 is 2.00 bits per heavy atom. The number of hydrogen-bond donors (Lipinski definition) is 1. The van der Waals surface area contributed by atoms with E-state index in [-0.39, 0.29) is 5.56 Å². The maximum atomic E-state index is 10.7. The summed E-state index contributed by atoms with van der Waals surface area (Å²) in [7, 11) is 0. The minimum atomic E-state index is -1.17. The molecule has 0 spiro atoms. The highest BCUT2D eigenvalue weighted by atomic mass is 32.2. The van der Waals surface area contributed by atoms with E-state index >= 15 is 0 Å². The summed E-state index contributed by atoms with van der Waals surface area (Å²) in [4.78, 5) is 26.0. The molecule has 100 valence electrons. The van der Waals surface area contributed by atoms with Crippen molar-refractivity contribution in [3.8, 4) is 0 Å². The third-order valence-corrected chi connectivity index (χ3v) is 3.81. The fraction of sp³-hybridized carbons (Fsp3) is 0.0769. The van der Waals surface area contributed by atoms with Crippen molar-refractivity contribution >= 4 is 28.9 Å². The van der Waals surface area contributed by atoms with Crippen LogP contribution in [0.3, 0.4) is 0 Å². The average Bonchev–Trinajstić information content (AvgIpc) is 2.94. The van der Waals surface area contributed by atoms with Crippen molar-refractivity contribution in [1.82, 2.24) is 19.9 Å². The van der Waals surface area contributed by atoms with Crippen LogP contribution in [-0.4, -0.2) is 25.9 Å². The van der Waals surface area contributed by atoms with Crippen molar-refractivity contribution in [2.24, 2.45) is 0 Å². The number of H-pyrrole nitrogens is 1. The van der Waals surface area contributed by atoms with E-state index in [9.17, 15) is 9.90 Å². The lowest BCUT2D eigenvalue weighted by Crippen LogP contribution is -2.21. The second kappa shape index (κ2) is 5.30. The Kier molecular flexibility index (Phi) is 3.34. The Morgan fingerprint density at radius 3 is 2.75 bits per heavy atom. The van der Waals surface area contributed by atoms with Gasteiger partial charge in [0, 0.05) is 5.75 Å². The van der Waals surface area contributed by atoms with Crippen LogP contribution >= 0.6 is 11.8 Å². The van der Waals surface area contributed by atoms with E-state index in [0.29, 0.717) is 11.4 Å². The van der Waals surface area contributed by atoms with Gasteiger partial charge in [0.2, 0.25) is 0 Å². The van der Waals surface area contributed by atoms with Crippen molar-refractivity contribution < 1.29 is 9.90 Å².